The van der Waals surface area contributed by atoms with E-state index in [0.717, 1.165) is 0 Å². The Morgan fingerprint density at radius 1 is 1.21 bits per heavy atom. The van der Waals surface area contributed by atoms with Gasteiger partial charge >= 0.3 is 0 Å². The summed E-state index contributed by atoms with van der Waals surface area (Å²) in [6.07, 6.45) is 3.47. The first-order chi connectivity index (χ1) is 11.5. The molecule has 0 atom stereocenters. The molecule has 120 valence electrons. The third-order valence-electron chi connectivity index (χ3n) is 3.36. The Bertz CT molecular complexity index is 933. The minimum absolute atomic E-state index is 0.161. The van der Waals surface area contributed by atoms with E-state index in [4.69, 9.17) is 27.6 Å². The molecular weight excluding hydrogens is 349 g/mol. The number of furan rings is 1. The first-order valence-corrected chi connectivity index (χ1v) is 7.69. The predicted octanol–water partition coefficient (Wildman–Crippen LogP) is 4.81. The summed E-state index contributed by atoms with van der Waals surface area (Å²) in [5, 5.41) is 13.0. The lowest BCUT2D eigenvalue weighted by molar-refractivity contribution is 0.102. The maximum absolute atomic E-state index is 12.6. The normalized spacial score (nSPS) is 10.4. The topological polar surface area (TPSA) is 71.0 Å². The summed E-state index contributed by atoms with van der Waals surface area (Å²) < 4.78 is 7.25. The quantitative estimate of drug-likeness (QED) is 0.729. The first-order valence-electron chi connectivity index (χ1n) is 6.94. The van der Waals surface area contributed by atoms with Crippen LogP contribution in [0.25, 0.3) is 5.88 Å². The van der Waals surface area contributed by atoms with Gasteiger partial charge < -0.3 is 9.73 Å². The summed E-state index contributed by atoms with van der Waals surface area (Å²) in [4.78, 5) is 12.6. The van der Waals surface area contributed by atoms with Crippen LogP contribution in [0.15, 0.2) is 47.1 Å². The highest BCUT2D eigenvalue weighted by Crippen LogP contribution is 2.27. The fourth-order valence-corrected chi connectivity index (χ4v) is 2.90. The molecule has 0 unspecified atom stereocenters. The number of carbonyl (C=O) groups is 1. The fraction of sp³-hybridized carbons (Fsp3) is 0.0588. The molecule has 0 spiro atoms. The fourth-order valence-electron chi connectivity index (χ4n) is 2.38. The molecule has 2 aromatic heterocycles. The van der Waals surface area contributed by atoms with Crippen LogP contribution in [0.5, 0.6) is 0 Å². The number of rotatable bonds is 3. The van der Waals surface area contributed by atoms with Gasteiger partial charge in [-0.1, -0.05) is 23.2 Å². The Labute approximate surface area is 148 Å². The van der Waals surface area contributed by atoms with Crippen molar-refractivity contribution < 1.29 is 9.21 Å². The molecule has 24 heavy (non-hydrogen) atoms. The van der Waals surface area contributed by atoms with Crippen LogP contribution < -0.4 is 5.32 Å². The van der Waals surface area contributed by atoms with Crippen LogP contribution in [0.4, 0.5) is 5.69 Å². The van der Waals surface area contributed by atoms with Gasteiger partial charge in [-0.2, -0.15) is 5.26 Å². The van der Waals surface area contributed by atoms with Crippen LogP contribution in [0.2, 0.25) is 10.0 Å². The largest absolute Gasteiger partial charge is 0.443 e. The molecular formula is C17H11Cl2N3O2. The molecule has 3 rings (SSSR count). The van der Waals surface area contributed by atoms with Gasteiger partial charge in [0.25, 0.3) is 5.91 Å². The molecule has 0 bridgehead atoms. The van der Waals surface area contributed by atoms with E-state index in [2.05, 4.69) is 5.32 Å². The second-order valence-electron chi connectivity index (χ2n) is 5.03. The second kappa shape index (κ2) is 6.44. The third kappa shape index (κ3) is 3.02. The van der Waals surface area contributed by atoms with Crippen molar-refractivity contribution in [2.45, 2.75) is 6.92 Å². The van der Waals surface area contributed by atoms with Crippen molar-refractivity contribution >= 4 is 34.8 Å². The smallest absolute Gasteiger partial charge is 0.260 e. The Kier molecular flexibility index (Phi) is 4.34. The number of nitrogens with zero attached hydrogens (tertiary/aromatic N) is 2. The van der Waals surface area contributed by atoms with Gasteiger partial charge in [-0.05, 0) is 37.3 Å². The molecule has 0 aliphatic heterocycles. The van der Waals surface area contributed by atoms with E-state index in [1.165, 1.54) is 0 Å². The van der Waals surface area contributed by atoms with Crippen LogP contribution in [-0.2, 0) is 0 Å². The van der Waals surface area contributed by atoms with Gasteiger partial charge in [0.15, 0.2) is 0 Å². The van der Waals surface area contributed by atoms with Crippen LogP contribution in [0, 0.1) is 18.3 Å². The monoisotopic (exact) mass is 359 g/mol. The second-order valence-corrected chi connectivity index (χ2v) is 5.90. The highest BCUT2D eigenvalue weighted by atomic mass is 35.5. The van der Waals surface area contributed by atoms with Gasteiger partial charge in [-0.15, -0.1) is 0 Å². The summed E-state index contributed by atoms with van der Waals surface area (Å²) >= 11 is 11.9. The molecule has 0 saturated carbocycles. The third-order valence-corrected chi connectivity index (χ3v) is 3.80. The summed E-state index contributed by atoms with van der Waals surface area (Å²) in [6, 6.07) is 10.3. The lowest BCUT2D eigenvalue weighted by Crippen LogP contribution is -2.14. The Balaban J connectivity index is 2.00. The number of aryl methyl sites for hydroxylation is 1. The lowest BCUT2D eigenvalue weighted by atomic mass is 10.1. The van der Waals surface area contributed by atoms with E-state index in [-0.39, 0.29) is 11.1 Å². The minimum atomic E-state index is -0.468. The zero-order valence-electron chi connectivity index (χ0n) is 12.5. The number of hydrogen-bond acceptors (Lipinski definition) is 3. The summed E-state index contributed by atoms with van der Waals surface area (Å²) in [5.74, 6) is 0.180. The first kappa shape index (κ1) is 16.2. The molecule has 0 fully saturated rings. The van der Waals surface area contributed by atoms with Gasteiger partial charge in [0.05, 0.1) is 0 Å². The number of halogens is 2. The SMILES string of the molecule is Cc1oc(-n2cccc2)c(C#N)c1C(=O)Nc1cc(Cl)cc(Cl)c1. The van der Waals surface area contributed by atoms with Gasteiger partial charge in [-0.3, -0.25) is 9.36 Å². The number of anilines is 1. The average molecular weight is 360 g/mol. The molecule has 0 radical (unpaired) electrons. The van der Waals surface area contributed by atoms with E-state index >= 15 is 0 Å². The summed E-state index contributed by atoms with van der Waals surface area (Å²) in [6.45, 7) is 1.63. The van der Waals surface area contributed by atoms with Crippen molar-refractivity contribution in [3.63, 3.8) is 0 Å². The predicted molar refractivity (Wildman–Crippen MR) is 91.9 cm³/mol. The molecule has 2 heterocycles. The molecule has 1 amide bonds. The molecule has 0 aliphatic carbocycles. The zero-order chi connectivity index (χ0) is 17.3. The number of nitriles is 1. The van der Waals surface area contributed by atoms with E-state index in [0.29, 0.717) is 27.4 Å². The van der Waals surface area contributed by atoms with Crippen molar-refractivity contribution in [2.75, 3.05) is 5.32 Å². The van der Waals surface area contributed by atoms with Crippen molar-refractivity contribution in [1.29, 1.82) is 5.26 Å². The number of hydrogen-bond donors (Lipinski definition) is 1. The molecule has 1 aromatic carbocycles. The molecule has 5 nitrogen and oxygen atoms in total. The van der Waals surface area contributed by atoms with Crippen LogP contribution in [0.1, 0.15) is 21.7 Å². The van der Waals surface area contributed by atoms with Gasteiger partial charge in [0.1, 0.15) is 23.0 Å². The van der Waals surface area contributed by atoms with Gasteiger partial charge in [-0.25, -0.2) is 0 Å². The molecule has 1 N–H and O–H groups in total. The molecule has 3 aromatic rings. The Hall–Kier alpha value is -2.68. The summed E-state index contributed by atoms with van der Waals surface area (Å²) in [7, 11) is 0. The van der Waals surface area contributed by atoms with Crippen molar-refractivity contribution in [3.05, 3.63) is 69.7 Å². The lowest BCUT2D eigenvalue weighted by Gasteiger charge is -2.06. The van der Waals surface area contributed by atoms with E-state index < -0.39 is 5.91 Å². The molecule has 0 saturated heterocycles. The molecule has 0 aliphatic rings. The summed E-state index contributed by atoms with van der Waals surface area (Å²) in [5.41, 5.74) is 0.774. The minimum Gasteiger partial charge on any atom is -0.443 e. The van der Waals surface area contributed by atoms with E-state index in [1.807, 2.05) is 6.07 Å². The van der Waals surface area contributed by atoms with Crippen LogP contribution >= 0.6 is 23.2 Å². The highest BCUT2D eigenvalue weighted by Gasteiger charge is 2.24. The van der Waals surface area contributed by atoms with E-state index in [1.54, 1.807) is 54.2 Å². The van der Waals surface area contributed by atoms with Crippen molar-refractivity contribution in [1.82, 2.24) is 4.57 Å². The molecule has 7 heteroatoms. The van der Waals surface area contributed by atoms with Crippen LogP contribution in [0.3, 0.4) is 0 Å². The number of benzene rings is 1. The highest BCUT2D eigenvalue weighted by molar-refractivity contribution is 6.35. The average Bonchev–Trinajstić information content (AvgIpc) is 3.12. The Morgan fingerprint density at radius 2 is 1.83 bits per heavy atom. The van der Waals surface area contributed by atoms with Crippen LogP contribution in [-0.4, -0.2) is 10.5 Å². The zero-order valence-corrected chi connectivity index (χ0v) is 14.0. The van der Waals surface area contributed by atoms with Crippen molar-refractivity contribution in [2.24, 2.45) is 0 Å². The standard InChI is InChI=1S/C17H11Cl2N3O2/c1-10-15(14(9-20)17(24-10)22-4-2-3-5-22)16(23)21-13-7-11(18)6-12(19)8-13/h2-8H,1H3,(H,21,23). The van der Waals surface area contributed by atoms with Gasteiger partial charge in [0, 0.05) is 28.1 Å². The number of amides is 1. The van der Waals surface area contributed by atoms with Crippen molar-refractivity contribution in [3.8, 4) is 12.0 Å². The maximum atomic E-state index is 12.6. The van der Waals surface area contributed by atoms with E-state index in [9.17, 15) is 10.1 Å². The number of aromatic nitrogens is 1. The van der Waals surface area contributed by atoms with Gasteiger partial charge in [0.2, 0.25) is 5.88 Å². The Morgan fingerprint density at radius 3 is 2.42 bits per heavy atom. The number of carbonyl (C=O) groups excluding carboxylic acids is 1. The maximum Gasteiger partial charge on any atom is 0.260 e. The number of nitrogens with one attached hydrogen (secondary N) is 1.